The summed E-state index contributed by atoms with van der Waals surface area (Å²) in [6.45, 7) is 3.89. The van der Waals surface area contributed by atoms with Gasteiger partial charge in [-0.15, -0.1) is 0 Å². The Labute approximate surface area is 178 Å². The number of aryl methyl sites for hydroxylation is 3. The van der Waals surface area contributed by atoms with Crippen molar-refractivity contribution in [2.75, 3.05) is 0 Å². The molecule has 0 aliphatic carbocycles. The summed E-state index contributed by atoms with van der Waals surface area (Å²) in [6.07, 6.45) is 1.35. The maximum Gasteiger partial charge on any atom is 0.267 e. The van der Waals surface area contributed by atoms with Gasteiger partial charge >= 0.3 is 0 Å². The second-order valence-electron chi connectivity index (χ2n) is 7.94. The van der Waals surface area contributed by atoms with Gasteiger partial charge in [0.15, 0.2) is 0 Å². The van der Waals surface area contributed by atoms with Crippen molar-refractivity contribution in [1.82, 2.24) is 4.31 Å². The van der Waals surface area contributed by atoms with Crippen molar-refractivity contribution in [3.05, 3.63) is 101 Å². The van der Waals surface area contributed by atoms with Gasteiger partial charge in [0.05, 0.1) is 16.9 Å². The molecule has 0 spiro atoms. The molecule has 4 rings (SSSR count). The molecule has 1 aliphatic heterocycles. The van der Waals surface area contributed by atoms with Crippen molar-refractivity contribution in [2.24, 2.45) is 5.92 Å². The van der Waals surface area contributed by atoms with Crippen LogP contribution in [-0.4, -0.2) is 18.6 Å². The molecule has 0 saturated carbocycles. The summed E-state index contributed by atoms with van der Waals surface area (Å²) in [5.41, 5.74) is 4.07. The Morgan fingerprint density at radius 3 is 1.97 bits per heavy atom. The number of nitrogens with zero attached hydrogens (tertiary/aromatic N) is 1. The molecule has 5 heteroatoms. The van der Waals surface area contributed by atoms with Crippen molar-refractivity contribution >= 4 is 15.9 Å². The van der Waals surface area contributed by atoms with E-state index in [-0.39, 0.29) is 16.7 Å². The molecule has 1 saturated heterocycles. The van der Waals surface area contributed by atoms with E-state index in [9.17, 15) is 13.2 Å². The number of amides is 1. The van der Waals surface area contributed by atoms with Crippen LogP contribution in [0.25, 0.3) is 0 Å². The molecule has 0 N–H and O–H groups in total. The monoisotopic (exact) mass is 419 g/mol. The molecule has 154 valence electrons. The molecule has 1 fully saturated rings. The van der Waals surface area contributed by atoms with E-state index in [0.717, 1.165) is 33.0 Å². The molecular weight excluding hydrogens is 394 g/mol. The molecule has 3 aromatic carbocycles. The lowest BCUT2D eigenvalue weighted by molar-refractivity contribution is -0.147. The van der Waals surface area contributed by atoms with Gasteiger partial charge in [-0.05, 0) is 49.9 Å². The first-order chi connectivity index (χ1) is 14.4. The Morgan fingerprint density at radius 1 is 0.800 bits per heavy atom. The molecule has 1 heterocycles. The third-order valence-electron chi connectivity index (χ3n) is 5.75. The third-order valence-corrected chi connectivity index (χ3v) is 7.54. The van der Waals surface area contributed by atoms with Gasteiger partial charge < -0.3 is 0 Å². The second-order valence-corrected chi connectivity index (χ2v) is 9.75. The van der Waals surface area contributed by atoms with Crippen LogP contribution in [0.4, 0.5) is 0 Å². The van der Waals surface area contributed by atoms with Crippen molar-refractivity contribution in [1.29, 1.82) is 0 Å². The van der Waals surface area contributed by atoms with E-state index >= 15 is 0 Å². The zero-order chi connectivity index (χ0) is 21.3. The Kier molecular flexibility index (Phi) is 5.48. The van der Waals surface area contributed by atoms with Crippen LogP contribution in [0.15, 0.2) is 83.8 Å². The zero-order valence-electron chi connectivity index (χ0n) is 17.2. The van der Waals surface area contributed by atoms with Crippen molar-refractivity contribution in [2.45, 2.75) is 37.6 Å². The van der Waals surface area contributed by atoms with Crippen molar-refractivity contribution < 1.29 is 13.2 Å². The van der Waals surface area contributed by atoms with Crippen LogP contribution in [0.5, 0.6) is 0 Å². The summed E-state index contributed by atoms with van der Waals surface area (Å²) >= 11 is 0. The SMILES string of the molecule is Cc1ccc(C2C(CCc3ccccc3)C(=O)N2S(=O)(=O)c2ccc(C)cc2)cc1. The highest BCUT2D eigenvalue weighted by atomic mass is 32.2. The Balaban J connectivity index is 1.66. The van der Waals surface area contributed by atoms with Crippen LogP contribution in [0.3, 0.4) is 0 Å². The van der Waals surface area contributed by atoms with Gasteiger partial charge in [0.2, 0.25) is 5.91 Å². The summed E-state index contributed by atoms with van der Waals surface area (Å²) in [5, 5.41) is 0. The number of benzene rings is 3. The number of β-lactam (4-membered cyclic amide) rings is 1. The Morgan fingerprint density at radius 2 is 1.37 bits per heavy atom. The third kappa shape index (κ3) is 3.77. The first-order valence-corrected chi connectivity index (χ1v) is 11.6. The maximum atomic E-state index is 13.3. The lowest BCUT2D eigenvalue weighted by atomic mass is 9.81. The second kappa shape index (κ2) is 8.07. The molecule has 0 aromatic heterocycles. The smallest absolute Gasteiger partial charge is 0.267 e. The highest BCUT2D eigenvalue weighted by Gasteiger charge is 2.53. The predicted molar refractivity (Wildman–Crippen MR) is 117 cm³/mol. The topological polar surface area (TPSA) is 54.5 Å². The highest BCUT2D eigenvalue weighted by Crippen LogP contribution is 2.46. The van der Waals surface area contributed by atoms with Gasteiger partial charge in [-0.1, -0.05) is 77.9 Å². The molecule has 3 aromatic rings. The van der Waals surface area contributed by atoms with Crippen LogP contribution in [-0.2, 0) is 21.2 Å². The van der Waals surface area contributed by atoms with Gasteiger partial charge in [-0.3, -0.25) is 4.79 Å². The summed E-state index contributed by atoms with van der Waals surface area (Å²) in [4.78, 5) is 13.2. The van der Waals surface area contributed by atoms with Crippen LogP contribution < -0.4 is 0 Å². The molecule has 30 heavy (non-hydrogen) atoms. The number of sulfonamides is 1. The first kappa shape index (κ1) is 20.4. The van der Waals surface area contributed by atoms with Gasteiger partial charge in [-0.2, -0.15) is 0 Å². The summed E-state index contributed by atoms with van der Waals surface area (Å²) in [5.74, 6) is -0.676. The fourth-order valence-electron chi connectivity index (χ4n) is 3.99. The largest absolute Gasteiger partial charge is 0.273 e. The van der Waals surface area contributed by atoms with E-state index in [2.05, 4.69) is 0 Å². The van der Waals surface area contributed by atoms with E-state index in [4.69, 9.17) is 0 Å². The van der Waals surface area contributed by atoms with Crippen LogP contribution in [0.2, 0.25) is 0 Å². The van der Waals surface area contributed by atoms with Crippen LogP contribution in [0, 0.1) is 19.8 Å². The fraction of sp³-hybridized carbons (Fsp3) is 0.240. The number of carbonyl (C=O) groups excluding carboxylic acids is 1. The molecule has 0 bridgehead atoms. The minimum atomic E-state index is -3.91. The molecule has 0 radical (unpaired) electrons. The summed E-state index contributed by atoms with van der Waals surface area (Å²) in [6, 6.07) is 23.9. The summed E-state index contributed by atoms with van der Waals surface area (Å²) < 4.78 is 27.7. The highest BCUT2D eigenvalue weighted by molar-refractivity contribution is 7.89. The molecule has 2 unspecified atom stereocenters. The number of rotatable bonds is 6. The fourth-order valence-corrected chi connectivity index (χ4v) is 5.64. The average Bonchev–Trinajstić information content (AvgIpc) is 2.74. The van der Waals surface area contributed by atoms with Gasteiger partial charge in [0, 0.05) is 0 Å². The minimum absolute atomic E-state index is 0.153. The lowest BCUT2D eigenvalue weighted by Gasteiger charge is -2.46. The zero-order valence-corrected chi connectivity index (χ0v) is 18.0. The molecule has 1 aliphatic rings. The Bertz CT molecular complexity index is 1140. The molecule has 1 amide bonds. The van der Waals surface area contributed by atoms with E-state index in [1.54, 1.807) is 24.3 Å². The van der Waals surface area contributed by atoms with Crippen molar-refractivity contribution in [3.8, 4) is 0 Å². The van der Waals surface area contributed by atoms with E-state index < -0.39 is 16.1 Å². The van der Waals surface area contributed by atoms with E-state index in [0.29, 0.717) is 6.42 Å². The maximum absolute atomic E-state index is 13.3. The van der Waals surface area contributed by atoms with Crippen molar-refractivity contribution in [3.63, 3.8) is 0 Å². The van der Waals surface area contributed by atoms with E-state index in [1.807, 2.05) is 68.4 Å². The molecule has 4 nitrogen and oxygen atoms in total. The standard InChI is InChI=1S/C25H25NO3S/c1-18-8-13-21(14-9-18)24-23(17-12-20-6-4-3-5-7-20)25(27)26(24)30(28,29)22-15-10-19(2)11-16-22/h3-11,13-16,23-24H,12,17H2,1-2H3. The quantitative estimate of drug-likeness (QED) is 0.538. The number of hydrogen-bond donors (Lipinski definition) is 0. The first-order valence-electron chi connectivity index (χ1n) is 10.1. The van der Waals surface area contributed by atoms with Gasteiger partial charge in [0.25, 0.3) is 10.0 Å². The summed E-state index contributed by atoms with van der Waals surface area (Å²) in [7, 11) is -3.91. The average molecular weight is 420 g/mol. The molecule has 2 atom stereocenters. The number of hydrogen-bond acceptors (Lipinski definition) is 3. The minimum Gasteiger partial charge on any atom is -0.273 e. The van der Waals surface area contributed by atoms with Gasteiger partial charge in [-0.25, -0.2) is 12.7 Å². The predicted octanol–water partition coefficient (Wildman–Crippen LogP) is 4.82. The molecular formula is C25H25NO3S. The van der Waals surface area contributed by atoms with Crippen LogP contribution in [0.1, 0.15) is 34.7 Å². The van der Waals surface area contributed by atoms with E-state index in [1.165, 1.54) is 0 Å². The van der Waals surface area contributed by atoms with Crippen LogP contribution >= 0.6 is 0 Å². The lowest BCUT2D eigenvalue weighted by Crippen LogP contribution is -2.57. The Hall–Kier alpha value is -2.92. The van der Waals surface area contributed by atoms with Gasteiger partial charge in [0.1, 0.15) is 0 Å². The number of carbonyl (C=O) groups is 1. The normalized spacial score (nSPS) is 18.9.